The molecule has 3 radical (unpaired) electrons. The van der Waals surface area contributed by atoms with Crippen molar-refractivity contribution in [1.29, 1.82) is 0 Å². The van der Waals surface area contributed by atoms with Crippen LogP contribution in [0.15, 0.2) is 0 Å². The minimum atomic E-state index is -0.699. The van der Waals surface area contributed by atoms with Gasteiger partial charge in [0.15, 0.2) is 0 Å². The average Bonchev–Trinajstić information content (AvgIpc) is 1.38. The van der Waals surface area contributed by atoms with E-state index >= 15 is 0 Å². The maximum atomic E-state index is 11.4. The molecule has 0 aliphatic carbocycles. The van der Waals surface area contributed by atoms with E-state index < -0.39 is 6.27 Å². The summed E-state index contributed by atoms with van der Waals surface area (Å²) >= 11 is 1.21. The second-order valence-corrected chi connectivity index (χ2v) is 1.90. The second kappa shape index (κ2) is 5.41. The van der Waals surface area contributed by atoms with E-state index in [4.69, 9.17) is 0 Å². The molecule has 4 heteroatoms. The van der Waals surface area contributed by atoms with Crippen molar-refractivity contribution in [3.63, 3.8) is 0 Å². The molecule has 0 saturated carbocycles. The van der Waals surface area contributed by atoms with E-state index in [1.165, 1.54) is 18.4 Å². The highest BCUT2D eigenvalue weighted by Gasteiger charge is 1.96. The molecule has 0 N–H and O–H groups in total. The van der Waals surface area contributed by atoms with Crippen LogP contribution in [0.3, 0.4) is 0 Å². The third-order valence-electron chi connectivity index (χ3n) is 0.325. The molecule has 0 rings (SSSR count). The lowest BCUT2D eigenvalue weighted by molar-refractivity contribution is 0.869. The van der Waals surface area contributed by atoms with Gasteiger partial charge < -0.3 is 4.32 Å². The van der Waals surface area contributed by atoms with E-state index in [-0.39, 0.29) is 8.41 Å². The van der Waals surface area contributed by atoms with Gasteiger partial charge in [-0.25, -0.2) is 0 Å². The zero-order valence-corrected chi connectivity index (χ0v) is 4.76. The highest BCUT2D eigenvalue weighted by atomic mass is 32.2. The lowest BCUT2D eigenvalue weighted by Crippen LogP contribution is -1.84. The normalized spacial score (nSPS) is 6.50. The van der Waals surface area contributed by atoms with Crippen LogP contribution in [0, 0.1) is 0 Å². The van der Waals surface area contributed by atoms with Gasteiger partial charge in [0.1, 0.15) is 0 Å². The fraction of sp³-hybridized carbons (Fsp3) is 1.00. The second-order valence-electron chi connectivity index (χ2n) is 0.779. The van der Waals surface area contributed by atoms with Crippen LogP contribution < -0.4 is 0 Å². The first kappa shape index (κ1) is 9.65. The van der Waals surface area contributed by atoms with Gasteiger partial charge in [-0.3, -0.25) is 0 Å². The molecule has 0 bridgehead atoms. The molecular weight excluding hydrogens is 96.7 g/mol. The van der Waals surface area contributed by atoms with Gasteiger partial charge in [-0.1, -0.05) is 0 Å². The Balaban J connectivity index is 0. The van der Waals surface area contributed by atoms with Gasteiger partial charge in [0, 0.05) is 8.41 Å². The van der Waals surface area contributed by atoms with Gasteiger partial charge in [0.05, 0.1) is 0 Å². The predicted molar refractivity (Wildman–Crippen MR) is 32.0 cm³/mol. The topological polar surface area (TPSA) is 0 Å². The molecule has 0 aliphatic rings. The molecule has 0 atom stereocenters. The van der Waals surface area contributed by atoms with Crippen molar-refractivity contribution in [2.75, 3.05) is 6.26 Å². The number of rotatable bonds is 1. The standard InChI is InChI=1S/C2H6BFS.B/c1-3(4)5-2;/h1-2H3;. The maximum Gasteiger partial charge on any atom is 0.409 e. The summed E-state index contributed by atoms with van der Waals surface area (Å²) in [6.07, 6.45) is 1.04. The molecule has 33 valence electrons. The Labute approximate surface area is 44.5 Å². The molecule has 0 aliphatic heterocycles. The Hall–Kier alpha value is 0.410. The van der Waals surface area contributed by atoms with Gasteiger partial charge in [-0.2, -0.15) is 11.6 Å². The first-order chi connectivity index (χ1) is 2.27. The van der Waals surface area contributed by atoms with Gasteiger partial charge >= 0.3 is 6.27 Å². The Morgan fingerprint density at radius 1 is 1.67 bits per heavy atom. The van der Waals surface area contributed by atoms with E-state index in [2.05, 4.69) is 0 Å². The largest absolute Gasteiger partial charge is 0.409 e. The summed E-state index contributed by atoms with van der Waals surface area (Å²) in [7, 11) is 0. The van der Waals surface area contributed by atoms with E-state index in [0.717, 1.165) is 0 Å². The van der Waals surface area contributed by atoms with E-state index in [0.29, 0.717) is 0 Å². The molecule has 0 unspecified atom stereocenters. The van der Waals surface area contributed by atoms with Crippen LogP contribution in [0.5, 0.6) is 0 Å². The van der Waals surface area contributed by atoms with Crippen LogP contribution in [0.2, 0.25) is 6.82 Å². The Morgan fingerprint density at radius 2 is 1.83 bits per heavy atom. The van der Waals surface area contributed by atoms with E-state index in [1.807, 2.05) is 0 Å². The molecule has 0 amide bonds. The number of halogens is 1. The minimum Gasteiger partial charge on any atom is -0.320 e. The summed E-state index contributed by atoms with van der Waals surface area (Å²) in [5.41, 5.74) is 0. The van der Waals surface area contributed by atoms with Crippen LogP contribution >= 0.6 is 11.6 Å². The zero-order chi connectivity index (χ0) is 4.28. The summed E-state index contributed by atoms with van der Waals surface area (Å²) in [5, 5.41) is 0. The number of hydrogen-bond acceptors (Lipinski definition) is 1. The molecular formula is C2H6B2FS. The van der Waals surface area contributed by atoms with E-state index in [1.54, 1.807) is 6.26 Å². The van der Waals surface area contributed by atoms with Gasteiger partial charge in [-0.15, -0.1) is 0 Å². The van der Waals surface area contributed by atoms with Gasteiger partial charge in [-0.05, 0) is 13.1 Å². The van der Waals surface area contributed by atoms with Crippen LogP contribution in [0.1, 0.15) is 0 Å². The fourth-order valence-electron chi connectivity index (χ4n) is 0. The third kappa shape index (κ3) is 8.83. The molecule has 6 heavy (non-hydrogen) atoms. The Morgan fingerprint density at radius 3 is 1.83 bits per heavy atom. The average molecular weight is 103 g/mol. The molecule has 0 aromatic rings. The zero-order valence-electron chi connectivity index (χ0n) is 3.94. The lowest BCUT2D eigenvalue weighted by Gasteiger charge is -1.79. The van der Waals surface area contributed by atoms with Crippen molar-refractivity contribution in [3.05, 3.63) is 0 Å². The minimum absolute atomic E-state index is 0. The monoisotopic (exact) mass is 103 g/mol. The molecule has 0 aromatic heterocycles. The Bertz CT molecular complexity index is 25.5. The summed E-state index contributed by atoms with van der Waals surface area (Å²) < 4.78 is 11.4. The van der Waals surface area contributed by atoms with Crippen LogP contribution in [0.25, 0.3) is 0 Å². The Kier molecular flexibility index (Phi) is 8.70. The summed E-state index contributed by atoms with van der Waals surface area (Å²) in [6.45, 7) is 1.52. The summed E-state index contributed by atoms with van der Waals surface area (Å²) in [5.74, 6) is 0. The molecule has 0 aromatic carbocycles. The molecule has 0 heterocycles. The first-order valence-electron chi connectivity index (χ1n) is 1.44. The highest BCUT2D eigenvalue weighted by molar-refractivity contribution is 8.24. The maximum absolute atomic E-state index is 11.4. The highest BCUT2D eigenvalue weighted by Crippen LogP contribution is 1.98. The summed E-state index contributed by atoms with van der Waals surface area (Å²) in [4.78, 5) is 0. The van der Waals surface area contributed by atoms with Crippen molar-refractivity contribution in [1.82, 2.24) is 0 Å². The quantitative estimate of drug-likeness (QED) is 0.447. The predicted octanol–water partition coefficient (Wildman–Crippen LogP) is 1.06. The molecule has 0 fully saturated rings. The van der Waals surface area contributed by atoms with Crippen molar-refractivity contribution in [3.8, 4) is 0 Å². The van der Waals surface area contributed by atoms with Crippen molar-refractivity contribution in [2.45, 2.75) is 6.82 Å². The van der Waals surface area contributed by atoms with Crippen molar-refractivity contribution < 1.29 is 4.32 Å². The van der Waals surface area contributed by atoms with Crippen LogP contribution in [-0.2, 0) is 0 Å². The number of hydrogen-bond donors (Lipinski definition) is 0. The SMILES string of the molecule is CSB(C)F.[B]. The van der Waals surface area contributed by atoms with E-state index in [9.17, 15) is 4.32 Å². The molecule has 0 spiro atoms. The summed E-state index contributed by atoms with van der Waals surface area (Å²) in [6, 6.07) is 0. The first-order valence-corrected chi connectivity index (χ1v) is 2.73. The smallest absolute Gasteiger partial charge is 0.320 e. The van der Waals surface area contributed by atoms with Crippen molar-refractivity contribution >= 4 is 26.3 Å². The molecule has 0 saturated heterocycles. The van der Waals surface area contributed by atoms with Gasteiger partial charge in [0.25, 0.3) is 0 Å². The lowest BCUT2D eigenvalue weighted by atomic mass is 10.1. The third-order valence-corrected chi connectivity index (χ3v) is 0.974. The van der Waals surface area contributed by atoms with Crippen molar-refractivity contribution in [2.24, 2.45) is 0 Å². The van der Waals surface area contributed by atoms with Crippen LogP contribution in [0.4, 0.5) is 4.32 Å². The fourth-order valence-corrected chi connectivity index (χ4v) is 0. The van der Waals surface area contributed by atoms with Gasteiger partial charge in [0.2, 0.25) is 0 Å². The molecule has 0 nitrogen and oxygen atoms in total. The van der Waals surface area contributed by atoms with Crippen LogP contribution in [-0.4, -0.2) is 20.9 Å².